The van der Waals surface area contributed by atoms with E-state index in [2.05, 4.69) is 15.2 Å². The molecular weight excluding hydrogens is 452 g/mol. The normalized spacial score (nSPS) is 17.5. The highest BCUT2D eigenvalue weighted by Gasteiger charge is 2.53. The first-order valence-electron chi connectivity index (χ1n) is 8.96. The zero-order valence-corrected chi connectivity index (χ0v) is 17.6. The summed E-state index contributed by atoms with van der Waals surface area (Å²) in [7, 11) is 0.801. The SMILES string of the molecule is CN=C(/C(C#N)=N\N=C(/C)N1C(=O)N(c2ccc(C(=O)O)c(F)c2)C(C)(C)C1=O)C(F)(F)F. The summed E-state index contributed by atoms with van der Waals surface area (Å²) in [5.74, 6) is -4.02. The van der Waals surface area contributed by atoms with Crippen LogP contribution in [-0.4, -0.2) is 63.9 Å². The van der Waals surface area contributed by atoms with Crippen LogP contribution in [0, 0.1) is 17.1 Å². The van der Waals surface area contributed by atoms with Gasteiger partial charge in [0.2, 0.25) is 0 Å². The molecule has 1 aliphatic heterocycles. The van der Waals surface area contributed by atoms with Gasteiger partial charge in [-0.2, -0.15) is 18.4 Å². The third-order valence-electron chi connectivity index (χ3n) is 4.55. The summed E-state index contributed by atoms with van der Waals surface area (Å²) in [6.45, 7) is 3.73. The lowest BCUT2D eigenvalue weighted by Crippen LogP contribution is -2.44. The van der Waals surface area contributed by atoms with Gasteiger partial charge in [-0.3, -0.25) is 14.7 Å². The lowest BCUT2D eigenvalue weighted by atomic mass is 10.0. The maximum Gasteiger partial charge on any atom is 0.435 e. The van der Waals surface area contributed by atoms with Gasteiger partial charge in [0.25, 0.3) is 5.91 Å². The van der Waals surface area contributed by atoms with Crippen molar-refractivity contribution >= 4 is 40.9 Å². The Labute approximate surface area is 184 Å². The molecule has 174 valence electrons. The molecule has 0 spiro atoms. The number of alkyl halides is 3. The van der Waals surface area contributed by atoms with Gasteiger partial charge in [-0.1, -0.05) is 0 Å². The molecule has 1 aliphatic rings. The highest BCUT2D eigenvalue weighted by molar-refractivity contribution is 6.50. The predicted octanol–water partition coefficient (Wildman–Crippen LogP) is 3.00. The summed E-state index contributed by atoms with van der Waals surface area (Å²) in [6.07, 6.45) is -4.99. The number of aromatic carboxylic acids is 1. The van der Waals surface area contributed by atoms with Crippen LogP contribution in [0.25, 0.3) is 0 Å². The minimum Gasteiger partial charge on any atom is -0.478 e. The number of carbonyl (C=O) groups is 3. The lowest BCUT2D eigenvalue weighted by Gasteiger charge is -2.27. The third-order valence-corrected chi connectivity index (χ3v) is 4.55. The van der Waals surface area contributed by atoms with E-state index in [9.17, 15) is 31.9 Å². The van der Waals surface area contributed by atoms with Gasteiger partial charge in [-0.05, 0) is 39.0 Å². The lowest BCUT2D eigenvalue weighted by molar-refractivity contribution is -0.127. The molecule has 3 amide bonds. The molecule has 1 aromatic carbocycles. The number of rotatable bonds is 4. The summed E-state index contributed by atoms with van der Waals surface area (Å²) in [5, 5.41) is 24.5. The van der Waals surface area contributed by atoms with Crippen molar-refractivity contribution in [3.63, 3.8) is 0 Å². The van der Waals surface area contributed by atoms with Crippen LogP contribution in [0.15, 0.2) is 33.4 Å². The largest absolute Gasteiger partial charge is 0.478 e. The Morgan fingerprint density at radius 2 is 1.82 bits per heavy atom. The van der Waals surface area contributed by atoms with Crippen molar-refractivity contribution in [3.05, 3.63) is 29.6 Å². The fraction of sp³-hybridized carbons (Fsp3) is 0.316. The fourth-order valence-electron chi connectivity index (χ4n) is 2.99. The molecule has 2 rings (SSSR count). The monoisotopic (exact) mass is 468 g/mol. The molecule has 10 nitrogen and oxygen atoms in total. The highest BCUT2D eigenvalue weighted by Crippen LogP contribution is 2.34. The zero-order chi connectivity index (χ0) is 25.3. The second kappa shape index (κ2) is 8.77. The second-order valence-electron chi connectivity index (χ2n) is 7.06. The molecule has 0 saturated carbocycles. The smallest absolute Gasteiger partial charge is 0.435 e. The van der Waals surface area contributed by atoms with Crippen molar-refractivity contribution in [2.45, 2.75) is 32.5 Å². The van der Waals surface area contributed by atoms with E-state index >= 15 is 0 Å². The van der Waals surface area contributed by atoms with Crippen LogP contribution in [0.2, 0.25) is 0 Å². The number of urea groups is 1. The van der Waals surface area contributed by atoms with E-state index in [1.807, 2.05) is 0 Å². The number of carboxylic acids is 1. The van der Waals surface area contributed by atoms with E-state index < -0.39 is 58.3 Å². The summed E-state index contributed by atoms with van der Waals surface area (Å²) in [4.78, 5) is 41.2. The van der Waals surface area contributed by atoms with E-state index in [1.54, 1.807) is 0 Å². The molecule has 0 radical (unpaired) electrons. The van der Waals surface area contributed by atoms with Gasteiger partial charge < -0.3 is 5.11 Å². The summed E-state index contributed by atoms with van der Waals surface area (Å²) >= 11 is 0. The standard InChI is InChI=1S/C19H16F4N6O4/c1-9(26-27-13(8-24)14(25-4)19(21,22)23)28-16(32)18(2,3)29(17(28)33)10-5-6-11(15(30)31)12(20)7-10/h5-7H,1-4H3,(H,30,31)/b25-14?,26-9+,27-13-. The number of hydrogen-bond acceptors (Lipinski definition) is 7. The Morgan fingerprint density at radius 3 is 2.27 bits per heavy atom. The quantitative estimate of drug-likeness (QED) is 0.238. The highest BCUT2D eigenvalue weighted by atomic mass is 19.4. The number of nitrogens with zero attached hydrogens (tertiary/aromatic N) is 6. The number of nitriles is 1. The van der Waals surface area contributed by atoms with Crippen LogP contribution in [-0.2, 0) is 4.79 Å². The van der Waals surface area contributed by atoms with Crippen LogP contribution in [0.3, 0.4) is 0 Å². The van der Waals surface area contributed by atoms with Gasteiger partial charge in [0.05, 0.1) is 5.56 Å². The molecule has 1 aromatic rings. The molecule has 1 fully saturated rings. The second-order valence-corrected chi connectivity index (χ2v) is 7.06. The number of carboxylic acid groups (broad SMARTS) is 1. The maximum atomic E-state index is 14.1. The first-order valence-corrected chi connectivity index (χ1v) is 8.96. The average Bonchev–Trinajstić information content (AvgIpc) is 2.87. The number of carbonyl (C=O) groups excluding carboxylic acids is 2. The molecular formula is C19H16F4N6O4. The van der Waals surface area contributed by atoms with Gasteiger partial charge in [0, 0.05) is 12.7 Å². The molecule has 0 atom stereocenters. The van der Waals surface area contributed by atoms with Crippen molar-refractivity contribution in [2.75, 3.05) is 11.9 Å². The Bertz CT molecular complexity index is 1160. The van der Waals surface area contributed by atoms with Gasteiger partial charge in [-0.15, -0.1) is 10.2 Å². The maximum absolute atomic E-state index is 14.1. The molecule has 14 heteroatoms. The first-order chi connectivity index (χ1) is 15.2. The Kier molecular flexibility index (Phi) is 6.67. The van der Waals surface area contributed by atoms with Crippen molar-refractivity contribution in [3.8, 4) is 6.07 Å². The molecule has 1 heterocycles. The number of aliphatic imine (C=N–C) groups is 1. The van der Waals surface area contributed by atoms with E-state index in [0.29, 0.717) is 4.90 Å². The number of halogens is 4. The van der Waals surface area contributed by atoms with Crippen molar-refractivity contribution in [2.24, 2.45) is 15.2 Å². The van der Waals surface area contributed by atoms with Crippen LogP contribution >= 0.6 is 0 Å². The molecule has 0 unspecified atom stereocenters. The summed E-state index contributed by atoms with van der Waals surface area (Å²) in [6, 6.07) is 2.95. The van der Waals surface area contributed by atoms with E-state index in [0.717, 1.165) is 37.1 Å². The Morgan fingerprint density at radius 1 is 1.21 bits per heavy atom. The molecule has 0 aliphatic carbocycles. The van der Waals surface area contributed by atoms with Crippen molar-refractivity contribution in [1.82, 2.24) is 4.90 Å². The molecule has 1 saturated heterocycles. The molecule has 1 N–H and O–H groups in total. The molecule has 0 bridgehead atoms. The van der Waals surface area contributed by atoms with Gasteiger partial charge in [-0.25, -0.2) is 18.9 Å². The van der Waals surface area contributed by atoms with E-state index in [1.165, 1.54) is 19.9 Å². The van der Waals surface area contributed by atoms with Crippen LogP contribution in [0.5, 0.6) is 0 Å². The fourth-order valence-corrected chi connectivity index (χ4v) is 2.99. The number of imide groups is 1. The average molecular weight is 468 g/mol. The number of benzene rings is 1. The minimum absolute atomic E-state index is 0.144. The van der Waals surface area contributed by atoms with Gasteiger partial charge >= 0.3 is 18.2 Å². The van der Waals surface area contributed by atoms with Crippen LogP contribution < -0.4 is 4.90 Å². The third kappa shape index (κ3) is 4.56. The zero-order valence-electron chi connectivity index (χ0n) is 17.6. The molecule has 33 heavy (non-hydrogen) atoms. The van der Waals surface area contributed by atoms with E-state index in [-0.39, 0.29) is 5.69 Å². The van der Waals surface area contributed by atoms with Gasteiger partial charge in [0.1, 0.15) is 23.3 Å². The number of amidine groups is 1. The summed E-state index contributed by atoms with van der Waals surface area (Å²) < 4.78 is 53.0. The van der Waals surface area contributed by atoms with Gasteiger partial charge in [0.15, 0.2) is 11.4 Å². The molecule has 0 aromatic heterocycles. The van der Waals surface area contributed by atoms with Crippen molar-refractivity contribution in [1.29, 1.82) is 5.26 Å². The Balaban J connectivity index is 2.50. The topological polar surface area (TPSA) is 139 Å². The minimum atomic E-state index is -4.99. The first kappa shape index (κ1) is 25.1. The van der Waals surface area contributed by atoms with Crippen molar-refractivity contribution < 1.29 is 37.1 Å². The number of amides is 3. The Hall–Kier alpha value is -4.15. The number of hydrogen-bond donors (Lipinski definition) is 1. The number of anilines is 1. The van der Waals surface area contributed by atoms with Crippen LogP contribution in [0.1, 0.15) is 31.1 Å². The van der Waals surface area contributed by atoms with E-state index in [4.69, 9.17) is 10.4 Å². The van der Waals surface area contributed by atoms with Crippen LogP contribution in [0.4, 0.5) is 28.0 Å². The predicted molar refractivity (Wildman–Crippen MR) is 108 cm³/mol. The summed E-state index contributed by atoms with van der Waals surface area (Å²) in [5.41, 5.74) is -5.19.